The summed E-state index contributed by atoms with van der Waals surface area (Å²) in [5, 5.41) is 3.99. The van der Waals surface area contributed by atoms with Crippen molar-refractivity contribution in [2.45, 2.75) is 78.1 Å². The Morgan fingerprint density at radius 2 is 0.985 bits per heavy atom. The van der Waals surface area contributed by atoms with E-state index in [-0.39, 0.29) is 5.48 Å². The van der Waals surface area contributed by atoms with Crippen LogP contribution in [0.1, 0.15) is 76.3 Å². The highest BCUT2D eigenvalue weighted by molar-refractivity contribution is 6.09. The maximum absolute atomic E-state index is 6.37. The predicted molar refractivity (Wildman–Crippen MR) is 277 cm³/mol. The molecule has 0 radical (unpaired) electrons. The van der Waals surface area contributed by atoms with Crippen molar-refractivity contribution >= 4 is 56.6 Å². The minimum Gasteiger partial charge on any atom is -0.495 e. The molecule has 4 aromatic carbocycles. The average Bonchev–Trinajstić information content (AvgIpc) is 3.98. The molecule has 0 amide bonds. The highest BCUT2D eigenvalue weighted by atomic mass is 16.5. The van der Waals surface area contributed by atoms with Crippen LogP contribution in [0.2, 0.25) is 0 Å². The summed E-state index contributed by atoms with van der Waals surface area (Å²) in [7, 11) is 6.72. The molecular weight excluding hydrogens is 841 g/mol. The smallest absolute Gasteiger partial charge is 0.214 e. The second-order valence-corrected chi connectivity index (χ2v) is 18.1. The summed E-state index contributed by atoms with van der Waals surface area (Å²) in [4.78, 5) is 17.4. The zero-order chi connectivity index (χ0) is 46.4. The standard InChI is InChI=1S/2C27H36N4O2.H2O/c2*1-20-13-16-30(17-14-20)15-7-6-8-21-11-12-25(32-3)24(18-21)31(27(28)29-2)26-23-10-5-4-9-22(23)19-33-26;/h2*4-5,9-12,18-20H,6-8,13-17H2,1-3H3,(H2,28,29);1H2. The molecule has 0 unspecified atom stereocenters. The molecule has 6 aromatic rings. The van der Waals surface area contributed by atoms with Crippen molar-refractivity contribution in [1.29, 1.82) is 0 Å². The van der Waals surface area contributed by atoms with Crippen LogP contribution in [0, 0.1) is 11.8 Å². The van der Waals surface area contributed by atoms with Gasteiger partial charge in [0.2, 0.25) is 23.7 Å². The van der Waals surface area contributed by atoms with Gasteiger partial charge < -0.3 is 45.1 Å². The third-order valence-corrected chi connectivity index (χ3v) is 13.4. The third kappa shape index (κ3) is 12.7. The lowest BCUT2D eigenvalue weighted by Crippen LogP contribution is -2.33. The number of likely N-dealkylation sites (tertiary alicyclic amines) is 2. The number of guanidine groups is 2. The van der Waals surface area contributed by atoms with E-state index in [0.717, 1.165) is 81.9 Å². The van der Waals surface area contributed by atoms with E-state index in [4.69, 9.17) is 29.8 Å². The molecule has 2 saturated heterocycles. The predicted octanol–water partition coefficient (Wildman–Crippen LogP) is 10.3. The normalized spacial score (nSPS) is 15.6. The first-order valence-electron chi connectivity index (χ1n) is 24.0. The lowest BCUT2D eigenvalue weighted by molar-refractivity contribution is 0.189. The van der Waals surface area contributed by atoms with E-state index in [1.54, 1.807) is 40.8 Å². The Bertz CT molecular complexity index is 2340. The molecule has 2 aliphatic rings. The Balaban J connectivity index is 0.000000218. The molecule has 0 atom stereocenters. The summed E-state index contributed by atoms with van der Waals surface area (Å²) in [6.07, 6.45) is 15.6. The van der Waals surface area contributed by atoms with E-state index in [1.165, 1.54) is 88.9 Å². The maximum atomic E-state index is 6.37. The van der Waals surface area contributed by atoms with Gasteiger partial charge >= 0.3 is 0 Å². The summed E-state index contributed by atoms with van der Waals surface area (Å²) in [5.74, 6) is 5.21. The summed E-state index contributed by atoms with van der Waals surface area (Å²) in [6.45, 7) is 12.1. The van der Waals surface area contributed by atoms with Gasteiger partial charge in [0.1, 0.15) is 24.0 Å². The molecule has 13 nitrogen and oxygen atoms in total. The number of furan rings is 2. The van der Waals surface area contributed by atoms with Crippen LogP contribution in [0.3, 0.4) is 0 Å². The lowest BCUT2D eigenvalue weighted by atomic mass is 9.99. The number of rotatable bonds is 16. The number of fused-ring (bicyclic) bond motifs is 2. The fourth-order valence-corrected chi connectivity index (χ4v) is 9.21. The minimum atomic E-state index is 0. The van der Waals surface area contributed by atoms with Gasteiger partial charge in [-0.15, -0.1) is 0 Å². The molecule has 67 heavy (non-hydrogen) atoms. The van der Waals surface area contributed by atoms with Crippen molar-refractivity contribution in [3.63, 3.8) is 0 Å². The van der Waals surface area contributed by atoms with E-state index >= 15 is 0 Å². The minimum absolute atomic E-state index is 0. The van der Waals surface area contributed by atoms with E-state index in [1.807, 2.05) is 70.5 Å². The van der Waals surface area contributed by atoms with Crippen LogP contribution in [0.5, 0.6) is 11.5 Å². The van der Waals surface area contributed by atoms with Gasteiger partial charge in [-0.1, -0.05) is 62.4 Å². The molecule has 0 bridgehead atoms. The number of methoxy groups -OCH3 is 2. The zero-order valence-electron chi connectivity index (χ0n) is 40.7. The van der Waals surface area contributed by atoms with Crippen LogP contribution in [-0.4, -0.2) is 94.8 Å². The summed E-state index contributed by atoms with van der Waals surface area (Å²) >= 11 is 0. The van der Waals surface area contributed by atoms with E-state index in [2.05, 4.69) is 57.9 Å². The average molecular weight is 915 g/mol. The SMILES string of the molecule is CN=C(N)N(c1cc(CCCCN2CCC(C)CC2)ccc1OC)c1occ2ccccc12.CN=C(N)N(c1cc(CCCCN2CCC(C)CC2)ccc1OC)c1occ2ccccc12.O. The lowest BCUT2D eigenvalue weighted by Gasteiger charge is -2.30. The maximum Gasteiger partial charge on any atom is 0.214 e. The topological polar surface area (TPSA) is 166 Å². The number of benzene rings is 4. The third-order valence-electron chi connectivity index (χ3n) is 13.4. The molecule has 13 heteroatoms. The van der Waals surface area contributed by atoms with Crippen LogP contribution in [0.4, 0.5) is 23.1 Å². The number of aliphatic imine (C=N–C) groups is 2. The Hall–Kier alpha value is -6.02. The number of nitrogens with zero attached hydrogens (tertiary/aromatic N) is 6. The van der Waals surface area contributed by atoms with Crippen LogP contribution < -0.4 is 30.7 Å². The van der Waals surface area contributed by atoms with Gasteiger partial charge in [-0.3, -0.25) is 9.98 Å². The highest BCUT2D eigenvalue weighted by Crippen LogP contribution is 2.41. The first-order valence-corrected chi connectivity index (χ1v) is 24.0. The number of piperidine rings is 2. The molecule has 6 N–H and O–H groups in total. The fourth-order valence-electron chi connectivity index (χ4n) is 9.21. The molecule has 2 aliphatic heterocycles. The number of hydrogen-bond acceptors (Lipinski definition) is 8. The fraction of sp³-hybridized carbons (Fsp3) is 0.444. The van der Waals surface area contributed by atoms with Gasteiger partial charge in [0.15, 0.2) is 0 Å². The molecule has 0 spiro atoms. The van der Waals surface area contributed by atoms with Crippen LogP contribution >= 0.6 is 0 Å². The van der Waals surface area contributed by atoms with E-state index < -0.39 is 0 Å². The Morgan fingerprint density at radius 3 is 1.36 bits per heavy atom. The Morgan fingerprint density at radius 1 is 0.597 bits per heavy atom. The number of aryl methyl sites for hydroxylation is 2. The molecule has 360 valence electrons. The summed E-state index contributed by atoms with van der Waals surface area (Å²) in [5.41, 5.74) is 16.9. The number of anilines is 4. The van der Waals surface area contributed by atoms with Gasteiger partial charge in [-0.05, 0) is 163 Å². The van der Waals surface area contributed by atoms with Gasteiger partial charge in [-0.25, -0.2) is 9.80 Å². The van der Waals surface area contributed by atoms with Crippen molar-refractivity contribution in [2.75, 3.05) is 77.4 Å². The van der Waals surface area contributed by atoms with E-state index in [9.17, 15) is 0 Å². The zero-order valence-corrected chi connectivity index (χ0v) is 40.7. The van der Waals surface area contributed by atoms with Crippen LogP contribution in [-0.2, 0) is 12.8 Å². The quantitative estimate of drug-likeness (QED) is 0.0542. The highest BCUT2D eigenvalue weighted by Gasteiger charge is 2.25. The molecule has 2 fully saturated rings. The second-order valence-electron chi connectivity index (χ2n) is 18.1. The first-order chi connectivity index (χ1) is 32.2. The number of hydrogen-bond donors (Lipinski definition) is 2. The Labute approximate surface area is 397 Å². The molecule has 8 rings (SSSR count). The van der Waals surface area contributed by atoms with Gasteiger partial charge in [-0.2, -0.15) is 0 Å². The monoisotopic (exact) mass is 915 g/mol. The van der Waals surface area contributed by atoms with Crippen molar-refractivity contribution in [2.24, 2.45) is 33.3 Å². The van der Waals surface area contributed by atoms with Crippen LogP contribution in [0.15, 0.2) is 116 Å². The number of unbranched alkanes of at least 4 members (excludes halogenated alkanes) is 2. The first kappa shape index (κ1) is 50.4. The van der Waals surface area contributed by atoms with Crippen LogP contribution in [0.25, 0.3) is 21.5 Å². The van der Waals surface area contributed by atoms with Gasteiger partial charge in [0, 0.05) is 35.6 Å². The molecule has 0 aliphatic carbocycles. The van der Waals surface area contributed by atoms with Crippen molar-refractivity contribution in [3.05, 3.63) is 109 Å². The molecule has 0 saturated carbocycles. The van der Waals surface area contributed by atoms with Crippen molar-refractivity contribution in [1.82, 2.24) is 9.80 Å². The van der Waals surface area contributed by atoms with E-state index in [0.29, 0.717) is 23.7 Å². The number of nitrogens with two attached hydrogens (primary N) is 2. The second kappa shape index (κ2) is 24.7. The Kier molecular flexibility index (Phi) is 18.5. The van der Waals surface area contributed by atoms with Gasteiger partial charge in [0.05, 0.1) is 25.6 Å². The van der Waals surface area contributed by atoms with Crippen molar-refractivity contribution < 1.29 is 23.8 Å². The van der Waals surface area contributed by atoms with Gasteiger partial charge in [0.25, 0.3) is 0 Å². The summed E-state index contributed by atoms with van der Waals surface area (Å²) in [6, 6.07) is 28.7. The summed E-state index contributed by atoms with van der Waals surface area (Å²) < 4.78 is 23.3. The molecular formula is C54H74N8O5. The molecule has 2 aromatic heterocycles. The number of ether oxygens (including phenoxy) is 2. The largest absolute Gasteiger partial charge is 0.495 e. The van der Waals surface area contributed by atoms with Crippen molar-refractivity contribution in [3.8, 4) is 11.5 Å². The molecule has 4 heterocycles.